The molecule has 3 heteroatoms. The van der Waals surface area contributed by atoms with Gasteiger partial charge in [-0.05, 0) is 62.0 Å². The van der Waals surface area contributed by atoms with Crippen LogP contribution >= 0.6 is 0 Å². The molecule has 0 aliphatic heterocycles. The number of fused-ring (bicyclic) bond motifs is 7. The molecule has 0 N–H and O–H groups in total. The minimum Gasteiger partial charge on any atom is -0.256 e. The number of rotatable bonds is 0. The van der Waals surface area contributed by atoms with Crippen LogP contribution in [-0.2, 0) is 5.92 Å². The highest BCUT2D eigenvalue weighted by Gasteiger charge is 2.43. The Morgan fingerprint density at radius 3 is 2.16 bits per heavy atom. The van der Waals surface area contributed by atoms with E-state index in [1.165, 1.54) is 0 Å². The lowest BCUT2D eigenvalue weighted by molar-refractivity contribution is 0.0445. The fourth-order valence-electron chi connectivity index (χ4n) is 5.15. The molecule has 1 aliphatic rings. The smallest absolute Gasteiger partial charge is 0.256 e. The van der Waals surface area contributed by atoms with Crippen LogP contribution in [0.3, 0.4) is 0 Å². The topological polar surface area (TPSA) is 12.9 Å². The summed E-state index contributed by atoms with van der Waals surface area (Å²) in [6.45, 7) is 0. The summed E-state index contributed by atoms with van der Waals surface area (Å²) >= 11 is 0. The molecule has 1 aliphatic carbocycles. The fourth-order valence-corrected chi connectivity index (χ4v) is 5.15. The molecule has 5 aromatic carbocycles. The van der Waals surface area contributed by atoms with Gasteiger partial charge in [0.2, 0.25) is 0 Å². The second kappa shape index (κ2) is 5.64. The molecular weight excluding hydrogens is 388 g/mol. The third-order valence-electron chi connectivity index (χ3n) is 6.59. The molecule has 0 saturated heterocycles. The summed E-state index contributed by atoms with van der Waals surface area (Å²) in [5, 5.41) is 6.97. The minimum atomic E-state index is -3.11. The quantitative estimate of drug-likeness (QED) is 0.236. The van der Waals surface area contributed by atoms with Crippen molar-refractivity contribution >= 4 is 43.1 Å². The van der Waals surface area contributed by atoms with E-state index in [0.29, 0.717) is 16.6 Å². The van der Waals surface area contributed by atoms with Crippen LogP contribution in [0, 0.1) is 0 Å². The molecule has 6 aromatic rings. The average molecular weight is 403 g/mol. The SMILES string of the molecule is FC1(F)c2cc3ccccc3cc2-c2nccc3c2c1cc1c2ccccc2ccc31. The van der Waals surface area contributed by atoms with Crippen molar-refractivity contribution in [3.63, 3.8) is 0 Å². The first-order chi connectivity index (χ1) is 15.1. The predicted octanol–water partition coefficient (Wildman–Crippen LogP) is 7.81. The number of pyridine rings is 1. The zero-order valence-electron chi connectivity index (χ0n) is 16.4. The van der Waals surface area contributed by atoms with Crippen molar-refractivity contribution < 1.29 is 8.78 Å². The Balaban J connectivity index is 1.72. The van der Waals surface area contributed by atoms with Gasteiger partial charge in [-0.3, -0.25) is 4.98 Å². The van der Waals surface area contributed by atoms with Crippen LogP contribution in [0.25, 0.3) is 54.3 Å². The van der Waals surface area contributed by atoms with Gasteiger partial charge in [0.25, 0.3) is 5.92 Å². The first kappa shape index (κ1) is 16.9. The van der Waals surface area contributed by atoms with Gasteiger partial charge < -0.3 is 0 Å². The van der Waals surface area contributed by atoms with Gasteiger partial charge in [-0.15, -0.1) is 0 Å². The van der Waals surface area contributed by atoms with Crippen LogP contribution in [-0.4, -0.2) is 4.98 Å². The highest BCUT2D eigenvalue weighted by Crippen LogP contribution is 2.52. The molecule has 0 unspecified atom stereocenters. The molecule has 0 atom stereocenters. The van der Waals surface area contributed by atoms with E-state index in [0.717, 1.165) is 37.7 Å². The summed E-state index contributed by atoms with van der Waals surface area (Å²) < 4.78 is 32.2. The molecule has 0 radical (unpaired) electrons. The van der Waals surface area contributed by atoms with Gasteiger partial charge in [-0.25, -0.2) is 0 Å². The lowest BCUT2D eigenvalue weighted by atomic mass is 9.80. The molecule has 0 bridgehead atoms. The predicted molar refractivity (Wildman–Crippen MR) is 123 cm³/mol. The Bertz CT molecular complexity index is 1720. The highest BCUT2D eigenvalue weighted by atomic mass is 19.3. The molecule has 0 saturated carbocycles. The molecule has 7 rings (SSSR count). The lowest BCUT2D eigenvalue weighted by Gasteiger charge is -2.29. The van der Waals surface area contributed by atoms with Crippen molar-refractivity contribution in [2.45, 2.75) is 5.92 Å². The van der Waals surface area contributed by atoms with Gasteiger partial charge in [0.1, 0.15) is 0 Å². The van der Waals surface area contributed by atoms with Crippen molar-refractivity contribution in [3.8, 4) is 11.3 Å². The fraction of sp³-hybridized carbons (Fsp3) is 0.0357. The number of nitrogens with zero attached hydrogens (tertiary/aromatic N) is 1. The number of benzene rings is 5. The zero-order chi connectivity index (χ0) is 20.7. The summed E-state index contributed by atoms with van der Waals surface area (Å²) in [7, 11) is 0. The maximum atomic E-state index is 16.1. The minimum absolute atomic E-state index is 0.0262. The second-order valence-corrected chi connectivity index (χ2v) is 8.21. The Labute approximate surface area is 176 Å². The highest BCUT2D eigenvalue weighted by molar-refractivity contribution is 6.21. The third kappa shape index (κ3) is 2.10. The maximum Gasteiger partial charge on any atom is 0.299 e. The van der Waals surface area contributed by atoms with Gasteiger partial charge in [0.05, 0.1) is 5.69 Å². The van der Waals surface area contributed by atoms with Gasteiger partial charge in [-0.2, -0.15) is 8.78 Å². The summed E-state index contributed by atoms with van der Waals surface area (Å²) in [6, 6.07) is 26.7. The Kier molecular flexibility index (Phi) is 3.07. The van der Waals surface area contributed by atoms with Gasteiger partial charge in [0, 0.05) is 28.3 Å². The van der Waals surface area contributed by atoms with Crippen LogP contribution in [0.4, 0.5) is 8.78 Å². The first-order valence-corrected chi connectivity index (χ1v) is 10.3. The van der Waals surface area contributed by atoms with E-state index in [2.05, 4.69) is 11.1 Å². The summed E-state index contributed by atoms with van der Waals surface area (Å²) in [5.74, 6) is -3.11. The van der Waals surface area contributed by atoms with Crippen molar-refractivity contribution in [1.82, 2.24) is 4.98 Å². The number of aromatic nitrogens is 1. The second-order valence-electron chi connectivity index (χ2n) is 8.21. The third-order valence-corrected chi connectivity index (χ3v) is 6.59. The van der Waals surface area contributed by atoms with Crippen molar-refractivity contribution in [1.29, 1.82) is 0 Å². The van der Waals surface area contributed by atoms with Crippen LogP contribution in [0.5, 0.6) is 0 Å². The monoisotopic (exact) mass is 403 g/mol. The average Bonchev–Trinajstić information content (AvgIpc) is 2.81. The molecule has 0 fully saturated rings. The van der Waals surface area contributed by atoms with E-state index in [1.807, 2.05) is 66.7 Å². The molecule has 146 valence electrons. The van der Waals surface area contributed by atoms with Crippen LogP contribution in [0.1, 0.15) is 11.1 Å². The van der Waals surface area contributed by atoms with E-state index in [-0.39, 0.29) is 11.1 Å². The van der Waals surface area contributed by atoms with Crippen molar-refractivity contribution in [2.75, 3.05) is 0 Å². The number of halogens is 2. The number of alkyl halides is 2. The number of hydrogen-bond acceptors (Lipinski definition) is 1. The summed E-state index contributed by atoms with van der Waals surface area (Å²) in [4.78, 5) is 4.59. The van der Waals surface area contributed by atoms with E-state index in [1.54, 1.807) is 18.3 Å². The van der Waals surface area contributed by atoms with Crippen molar-refractivity contribution in [3.05, 3.63) is 102 Å². The van der Waals surface area contributed by atoms with E-state index >= 15 is 8.78 Å². The Morgan fingerprint density at radius 2 is 1.32 bits per heavy atom. The molecule has 31 heavy (non-hydrogen) atoms. The zero-order valence-corrected chi connectivity index (χ0v) is 16.4. The van der Waals surface area contributed by atoms with Crippen LogP contribution < -0.4 is 0 Å². The van der Waals surface area contributed by atoms with Gasteiger partial charge >= 0.3 is 0 Å². The molecule has 0 spiro atoms. The summed E-state index contributed by atoms with van der Waals surface area (Å²) in [5.41, 5.74) is 1.21. The Morgan fingerprint density at radius 1 is 0.581 bits per heavy atom. The molecular formula is C28H15F2N. The Hall–Kier alpha value is -3.85. The first-order valence-electron chi connectivity index (χ1n) is 10.3. The van der Waals surface area contributed by atoms with E-state index in [9.17, 15) is 0 Å². The molecule has 1 nitrogen and oxygen atoms in total. The molecule has 0 amide bonds. The molecule has 1 aromatic heterocycles. The number of hydrogen-bond donors (Lipinski definition) is 0. The lowest BCUT2D eigenvalue weighted by Crippen LogP contribution is -2.21. The van der Waals surface area contributed by atoms with Gasteiger partial charge in [0.15, 0.2) is 0 Å². The van der Waals surface area contributed by atoms with Crippen molar-refractivity contribution in [2.24, 2.45) is 0 Å². The normalized spacial score (nSPS) is 14.4. The largest absolute Gasteiger partial charge is 0.299 e. The maximum absolute atomic E-state index is 16.1. The van der Waals surface area contributed by atoms with E-state index < -0.39 is 5.92 Å². The molecule has 1 heterocycles. The van der Waals surface area contributed by atoms with Crippen LogP contribution in [0.15, 0.2) is 91.1 Å². The standard InChI is InChI=1S/C28H15F2N/c29-28(30)24-14-18-7-2-1-6-17(18)13-23(24)27-26-21(11-12-31-27)20-10-9-16-5-3-4-8-19(16)22(20)15-25(26)28/h1-15H. The summed E-state index contributed by atoms with van der Waals surface area (Å²) in [6.07, 6.45) is 1.73. The van der Waals surface area contributed by atoms with Crippen LogP contribution in [0.2, 0.25) is 0 Å². The van der Waals surface area contributed by atoms with Gasteiger partial charge in [-0.1, -0.05) is 60.7 Å². The van der Waals surface area contributed by atoms with E-state index in [4.69, 9.17) is 0 Å².